The van der Waals surface area contributed by atoms with Gasteiger partial charge in [0, 0.05) is 42.6 Å². The number of aromatic nitrogens is 2. The normalized spacial score (nSPS) is 11.5. The highest BCUT2D eigenvalue weighted by Gasteiger charge is 2.30. The molecule has 34 heavy (non-hydrogen) atoms. The Balaban J connectivity index is 1.26. The summed E-state index contributed by atoms with van der Waals surface area (Å²) in [6, 6.07) is 16.5. The Morgan fingerprint density at radius 2 is 1.79 bits per heavy atom. The van der Waals surface area contributed by atoms with Gasteiger partial charge in [0.25, 0.3) is 0 Å². The number of carbonyl (C=O) groups excluding carboxylic acids is 1. The van der Waals surface area contributed by atoms with Gasteiger partial charge in [0.1, 0.15) is 16.5 Å². The van der Waals surface area contributed by atoms with Gasteiger partial charge in [-0.3, -0.25) is 4.79 Å². The molecule has 0 radical (unpaired) electrons. The highest BCUT2D eigenvalue weighted by atomic mass is 32.1. The molecule has 9 heteroatoms. The van der Waals surface area contributed by atoms with Gasteiger partial charge in [-0.1, -0.05) is 47.6 Å². The van der Waals surface area contributed by atoms with Gasteiger partial charge in [-0.15, -0.1) is 11.3 Å². The first-order valence-corrected chi connectivity index (χ1v) is 11.5. The van der Waals surface area contributed by atoms with Crippen molar-refractivity contribution in [3.8, 4) is 21.8 Å². The fourth-order valence-electron chi connectivity index (χ4n) is 3.40. The standard InChI is InChI=1S/C25H22F3N3O2S/c1-31(13-5-8-21-15-22(30-33-21)17-6-3-2-4-7-17)23(32)14-20-16-34-24(29-20)18-9-11-19(12-10-18)25(26,27)28/h2-4,6-7,9-12,15-16H,5,8,13-14H2,1H3. The van der Waals surface area contributed by atoms with E-state index in [9.17, 15) is 18.0 Å². The quantitative estimate of drug-likeness (QED) is 0.302. The topological polar surface area (TPSA) is 59.2 Å². The number of nitrogens with zero attached hydrogens (tertiary/aromatic N) is 3. The zero-order valence-electron chi connectivity index (χ0n) is 18.4. The Hall–Kier alpha value is -3.46. The van der Waals surface area contributed by atoms with Crippen molar-refractivity contribution in [2.24, 2.45) is 0 Å². The van der Waals surface area contributed by atoms with Crippen LogP contribution in [0.25, 0.3) is 21.8 Å². The van der Waals surface area contributed by atoms with E-state index in [-0.39, 0.29) is 12.3 Å². The van der Waals surface area contributed by atoms with Crippen LogP contribution in [0, 0.1) is 0 Å². The van der Waals surface area contributed by atoms with Crippen molar-refractivity contribution in [2.45, 2.75) is 25.4 Å². The summed E-state index contributed by atoms with van der Waals surface area (Å²) < 4.78 is 43.6. The van der Waals surface area contributed by atoms with Gasteiger partial charge in [-0.05, 0) is 18.6 Å². The monoisotopic (exact) mass is 485 g/mol. The summed E-state index contributed by atoms with van der Waals surface area (Å²) in [5.41, 5.74) is 2.26. The van der Waals surface area contributed by atoms with Crippen molar-refractivity contribution in [1.82, 2.24) is 15.0 Å². The molecule has 0 bridgehead atoms. The first-order chi connectivity index (χ1) is 16.3. The smallest absolute Gasteiger partial charge is 0.361 e. The van der Waals surface area contributed by atoms with Crippen LogP contribution in [0.4, 0.5) is 13.2 Å². The van der Waals surface area contributed by atoms with Crippen LogP contribution in [0.1, 0.15) is 23.4 Å². The van der Waals surface area contributed by atoms with Crippen LogP contribution in [0.3, 0.4) is 0 Å². The van der Waals surface area contributed by atoms with E-state index in [0.717, 1.165) is 35.6 Å². The Bertz CT molecular complexity index is 1230. The third-order valence-corrected chi connectivity index (χ3v) is 6.25. The van der Waals surface area contributed by atoms with Gasteiger partial charge in [0.2, 0.25) is 5.91 Å². The average Bonchev–Trinajstić information content (AvgIpc) is 3.49. The third-order valence-electron chi connectivity index (χ3n) is 5.31. The van der Waals surface area contributed by atoms with Gasteiger partial charge in [-0.2, -0.15) is 13.2 Å². The van der Waals surface area contributed by atoms with Crippen LogP contribution in [-0.4, -0.2) is 34.5 Å². The minimum absolute atomic E-state index is 0.0770. The van der Waals surface area contributed by atoms with Gasteiger partial charge >= 0.3 is 6.18 Å². The van der Waals surface area contributed by atoms with Gasteiger partial charge in [-0.25, -0.2) is 4.98 Å². The van der Waals surface area contributed by atoms with Gasteiger partial charge in [0.15, 0.2) is 0 Å². The fraction of sp³-hybridized carbons (Fsp3) is 0.240. The molecule has 176 valence electrons. The molecule has 0 atom stereocenters. The summed E-state index contributed by atoms with van der Waals surface area (Å²) in [5.74, 6) is 0.687. The molecule has 0 spiro atoms. The highest BCUT2D eigenvalue weighted by Crippen LogP contribution is 2.31. The molecule has 1 amide bonds. The first-order valence-electron chi connectivity index (χ1n) is 10.7. The largest absolute Gasteiger partial charge is 0.416 e. The summed E-state index contributed by atoms with van der Waals surface area (Å²) in [4.78, 5) is 18.6. The maximum Gasteiger partial charge on any atom is 0.416 e. The van der Waals surface area contributed by atoms with Crippen molar-refractivity contribution in [1.29, 1.82) is 0 Å². The Labute approximate surface area is 198 Å². The van der Waals surface area contributed by atoms with Crippen molar-refractivity contribution >= 4 is 17.2 Å². The number of benzene rings is 2. The van der Waals surface area contributed by atoms with Crippen molar-refractivity contribution < 1.29 is 22.5 Å². The van der Waals surface area contributed by atoms with Crippen LogP contribution in [0.2, 0.25) is 0 Å². The second-order valence-electron chi connectivity index (χ2n) is 7.86. The number of hydrogen-bond acceptors (Lipinski definition) is 5. The highest BCUT2D eigenvalue weighted by molar-refractivity contribution is 7.13. The predicted octanol–water partition coefficient (Wildman–Crippen LogP) is 6.12. The van der Waals surface area contributed by atoms with Crippen LogP contribution in [0.15, 0.2) is 70.6 Å². The van der Waals surface area contributed by atoms with Crippen LogP contribution < -0.4 is 0 Å². The molecule has 2 aromatic carbocycles. The molecular weight excluding hydrogens is 463 g/mol. The van der Waals surface area contributed by atoms with Crippen molar-refractivity contribution in [2.75, 3.05) is 13.6 Å². The van der Waals surface area contributed by atoms with Crippen LogP contribution >= 0.6 is 11.3 Å². The maximum atomic E-state index is 12.7. The number of rotatable bonds is 8. The molecule has 0 saturated carbocycles. The molecular formula is C25H22F3N3O2S. The summed E-state index contributed by atoms with van der Waals surface area (Å²) in [5, 5.41) is 6.45. The number of thiazole rings is 1. The molecule has 2 heterocycles. The molecule has 4 rings (SSSR count). The number of alkyl halides is 3. The Kier molecular flexibility index (Phi) is 7.12. The second kappa shape index (κ2) is 10.2. The van der Waals surface area contributed by atoms with E-state index in [1.807, 2.05) is 36.4 Å². The number of carbonyl (C=O) groups is 1. The Morgan fingerprint density at radius 1 is 1.06 bits per heavy atom. The lowest BCUT2D eigenvalue weighted by Crippen LogP contribution is -2.29. The molecule has 0 saturated heterocycles. The Morgan fingerprint density at radius 3 is 2.50 bits per heavy atom. The van der Waals surface area contributed by atoms with E-state index in [1.54, 1.807) is 17.3 Å². The van der Waals surface area contributed by atoms with Crippen LogP contribution in [-0.2, 0) is 23.8 Å². The molecule has 0 fully saturated rings. The minimum Gasteiger partial charge on any atom is -0.361 e. The number of aryl methyl sites for hydroxylation is 1. The summed E-state index contributed by atoms with van der Waals surface area (Å²) in [6.07, 6.45) is -2.86. The zero-order valence-corrected chi connectivity index (χ0v) is 19.2. The number of amides is 1. The predicted molar refractivity (Wildman–Crippen MR) is 124 cm³/mol. The van der Waals surface area contributed by atoms with E-state index >= 15 is 0 Å². The van der Waals surface area contributed by atoms with E-state index in [4.69, 9.17) is 4.52 Å². The third kappa shape index (κ3) is 5.91. The SMILES string of the molecule is CN(CCCc1cc(-c2ccccc2)no1)C(=O)Cc1csc(-c2ccc(C(F)(F)F)cc2)n1. The van der Waals surface area contributed by atoms with Crippen molar-refractivity contribution in [3.05, 3.63) is 83.1 Å². The summed E-state index contributed by atoms with van der Waals surface area (Å²) in [7, 11) is 1.74. The summed E-state index contributed by atoms with van der Waals surface area (Å²) in [6.45, 7) is 0.552. The lowest BCUT2D eigenvalue weighted by Gasteiger charge is -2.16. The molecule has 0 N–H and O–H groups in total. The average molecular weight is 486 g/mol. The first kappa shape index (κ1) is 23.7. The molecule has 0 unspecified atom stereocenters. The molecule has 0 aliphatic rings. The minimum atomic E-state index is -4.37. The number of halogens is 3. The summed E-state index contributed by atoms with van der Waals surface area (Å²) >= 11 is 1.30. The van der Waals surface area contributed by atoms with Gasteiger partial charge in [0.05, 0.1) is 17.7 Å². The molecule has 0 aliphatic heterocycles. The number of hydrogen-bond donors (Lipinski definition) is 0. The molecule has 4 aromatic rings. The molecule has 0 aliphatic carbocycles. The number of likely N-dealkylation sites (N-methyl/N-ethyl adjacent to an activating group) is 1. The lowest BCUT2D eigenvalue weighted by molar-refractivity contribution is -0.137. The lowest BCUT2D eigenvalue weighted by atomic mass is 10.1. The fourth-order valence-corrected chi connectivity index (χ4v) is 4.23. The second-order valence-corrected chi connectivity index (χ2v) is 8.72. The van der Waals surface area contributed by atoms with E-state index in [1.165, 1.54) is 23.5 Å². The van der Waals surface area contributed by atoms with Crippen LogP contribution in [0.5, 0.6) is 0 Å². The molecule has 2 aromatic heterocycles. The van der Waals surface area contributed by atoms with E-state index in [2.05, 4.69) is 10.1 Å². The zero-order chi connectivity index (χ0) is 24.1. The van der Waals surface area contributed by atoms with E-state index in [0.29, 0.717) is 29.2 Å². The van der Waals surface area contributed by atoms with Gasteiger partial charge < -0.3 is 9.42 Å². The maximum absolute atomic E-state index is 12.7. The molecule has 5 nitrogen and oxygen atoms in total. The van der Waals surface area contributed by atoms with Crippen molar-refractivity contribution in [3.63, 3.8) is 0 Å². The van der Waals surface area contributed by atoms with E-state index < -0.39 is 11.7 Å².